The molecule has 0 saturated carbocycles. The predicted octanol–water partition coefficient (Wildman–Crippen LogP) is 3.33. The van der Waals surface area contributed by atoms with E-state index in [1.165, 1.54) is 0 Å². The van der Waals surface area contributed by atoms with E-state index in [-0.39, 0.29) is 5.91 Å². The molecule has 1 aliphatic rings. The Hall–Kier alpha value is -1.36. The summed E-state index contributed by atoms with van der Waals surface area (Å²) in [7, 11) is 0. The van der Waals surface area contributed by atoms with E-state index in [0.717, 1.165) is 53.6 Å². The fourth-order valence-corrected chi connectivity index (χ4v) is 3.40. The molecule has 0 aliphatic carbocycles. The molecule has 110 valence electrons. The molecule has 0 spiro atoms. The number of nitrogens with zero attached hydrogens (tertiary/aromatic N) is 1. The molecule has 1 amide bonds. The van der Waals surface area contributed by atoms with E-state index in [1.807, 2.05) is 6.07 Å². The van der Waals surface area contributed by atoms with Crippen LogP contribution in [-0.4, -0.2) is 24.7 Å². The van der Waals surface area contributed by atoms with Crippen LogP contribution in [0.3, 0.4) is 0 Å². The molecule has 0 bridgehead atoms. The fraction of sp³-hybridized carbons (Fsp3) is 0.533. The molecule has 0 aromatic heterocycles. The zero-order valence-corrected chi connectivity index (χ0v) is 13.1. The molecular formula is C15H23N3OS. The Morgan fingerprint density at radius 2 is 2.00 bits per heavy atom. The first-order valence-electron chi connectivity index (χ1n) is 7.26. The van der Waals surface area contributed by atoms with E-state index in [1.54, 1.807) is 11.8 Å². The fourth-order valence-electron chi connectivity index (χ4n) is 2.44. The van der Waals surface area contributed by atoms with Crippen molar-refractivity contribution in [3.63, 3.8) is 0 Å². The first-order valence-corrected chi connectivity index (χ1v) is 8.25. The number of nitrogens with two attached hydrogens (primary N) is 1. The van der Waals surface area contributed by atoms with Gasteiger partial charge in [-0.25, -0.2) is 0 Å². The predicted molar refractivity (Wildman–Crippen MR) is 87.6 cm³/mol. The van der Waals surface area contributed by atoms with E-state index in [2.05, 4.69) is 30.1 Å². The quantitative estimate of drug-likeness (QED) is 0.818. The Kier molecular flexibility index (Phi) is 5.17. The van der Waals surface area contributed by atoms with Gasteiger partial charge in [-0.1, -0.05) is 13.8 Å². The van der Waals surface area contributed by atoms with Crippen LogP contribution < -0.4 is 16.0 Å². The lowest BCUT2D eigenvalue weighted by molar-refractivity contribution is -0.115. The molecule has 4 nitrogen and oxygen atoms in total. The van der Waals surface area contributed by atoms with Crippen LogP contribution >= 0.6 is 11.8 Å². The number of nitrogen functional groups attached to an aromatic ring is 1. The van der Waals surface area contributed by atoms with Crippen molar-refractivity contribution in [2.24, 2.45) is 0 Å². The highest BCUT2D eigenvalue weighted by molar-refractivity contribution is 7.99. The van der Waals surface area contributed by atoms with E-state index >= 15 is 0 Å². The van der Waals surface area contributed by atoms with Crippen molar-refractivity contribution in [1.29, 1.82) is 0 Å². The maximum absolute atomic E-state index is 11.6. The summed E-state index contributed by atoms with van der Waals surface area (Å²) in [5.41, 5.74) is 8.89. The van der Waals surface area contributed by atoms with Crippen molar-refractivity contribution in [1.82, 2.24) is 0 Å². The summed E-state index contributed by atoms with van der Waals surface area (Å²) in [6.45, 7) is 6.37. The van der Waals surface area contributed by atoms with Crippen molar-refractivity contribution in [3.8, 4) is 0 Å². The van der Waals surface area contributed by atoms with Gasteiger partial charge in [0.05, 0.1) is 17.1 Å². The zero-order chi connectivity index (χ0) is 14.5. The topological polar surface area (TPSA) is 58.4 Å². The summed E-state index contributed by atoms with van der Waals surface area (Å²) in [6.07, 6.45) is 2.75. The minimum Gasteiger partial charge on any atom is -0.397 e. The Morgan fingerprint density at radius 3 is 2.65 bits per heavy atom. The third-order valence-electron chi connectivity index (χ3n) is 3.32. The number of hydrogen-bond acceptors (Lipinski definition) is 4. The molecule has 1 aliphatic heterocycles. The summed E-state index contributed by atoms with van der Waals surface area (Å²) in [4.78, 5) is 15.1. The summed E-state index contributed by atoms with van der Waals surface area (Å²) in [6, 6.07) is 4.03. The lowest BCUT2D eigenvalue weighted by atomic mass is 10.2. The summed E-state index contributed by atoms with van der Waals surface area (Å²) in [5, 5.41) is 2.94. The molecule has 0 atom stereocenters. The standard InChI is InChI=1S/C15H23N3OS/c1-3-6-18(7-4-2)13-10-14-12(9-11(13)16)17-15(19)5-8-20-14/h9-10H,3-8,16H2,1-2H3,(H,17,19). The molecule has 0 fully saturated rings. The second-order valence-electron chi connectivity index (χ2n) is 5.04. The molecule has 0 radical (unpaired) electrons. The first kappa shape index (κ1) is 15.0. The van der Waals surface area contributed by atoms with E-state index in [4.69, 9.17) is 5.73 Å². The number of carbonyl (C=O) groups excluding carboxylic acids is 1. The molecule has 3 N–H and O–H groups in total. The summed E-state index contributed by atoms with van der Waals surface area (Å²) in [5.74, 6) is 0.895. The van der Waals surface area contributed by atoms with Gasteiger partial charge in [-0.05, 0) is 25.0 Å². The second kappa shape index (κ2) is 6.88. The monoisotopic (exact) mass is 293 g/mol. The minimum atomic E-state index is 0.0716. The van der Waals surface area contributed by atoms with E-state index in [0.29, 0.717) is 6.42 Å². The first-order chi connectivity index (χ1) is 9.65. The Morgan fingerprint density at radius 1 is 1.30 bits per heavy atom. The average molecular weight is 293 g/mol. The van der Waals surface area contributed by atoms with Gasteiger partial charge in [-0.3, -0.25) is 4.79 Å². The molecular weight excluding hydrogens is 270 g/mol. The normalized spacial score (nSPS) is 14.4. The maximum atomic E-state index is 11.6. The number of amides is 1. The van der Waals surface area contributed by atoms with Crippen LogP contribution in [0.15, 0.2) is 17.0 Å². The summed E-state index contributed by atoms with van der Waals surface area (Å²) >= 11 is 1.72. The maximum Gasteiger partial charge on any atom is 0.225 e. The third kappa shape index (κ3) is 3.39. The van der Waals surface area contributed by atoms with Gasteiger partial charge >= 0.3 is 0 Å². The SMILES string of the molecule is CCCN(CCC)c1cc2c(cc1N)NC(=O)CCS2. The van der Waals surface area contributed by atoms with Crippen LogP contribution in [0.1, 0.15) is 33.1 Å². The Balaban J connectivity index is 2.34. The van der Waals surface area contributed by atoms with Gasteiger partial charge in [-0.15, -0.1) is 11.8 Å². The van der Waals surface area contributed by atoms with Crippen molar-refractivity contribution < 1.29 is 4.79 Å². The highest BCUT2D eigenvalue weighted by Crippen LogP contribution is 2.38. The lowest BCUT2D eigenvalue weighted by Crippen LogP contribution is -2.26. The molecule has 0 saturated heterocycles. The van der Waals surface area contributed by atoms with E-state index < -0.39 is 0 Å². The van der Waals surface area contributed by atoms with Crippen LogP contribution in [-0.2, 0) is 4.79 Å². The average Bonchev–Trinajstić information content (AvgIpc) is 2.58. The van der Waals surface area contributed by atoms with Crippen molar-refractivity contribution in [2.45, 2.75) is 38.0 Å². The van der Waals surface area contributed by atoms with Gasteiger partial charge in [0.25, 0.3) is 0 Å². The van der Waals surface area contributed by atoms with Gasteiger partial charge in [0, 0.05) is 30.2 Å². The molecule has 2 rings (SSSR count). The van der Waals surface area contributed by atoms with Gasteiger partial charge in [0.15, 0.2) is 0 Å². The number of fused-ring (bicyclic) bond motifs is 1. The highest BCUT2D eigenvalue weighted by Gasteiger charge is 2.17. The number of thioether (sulfide) groups is 1. The highest BCUT2D eigenvalue weighted by atomic mass is 32.2. The van der Waals surface area contributed by atoms with Gasteiger partial charge < -0.3 is 16.0 Å². The van der Waals surface area contributed by atoms with Crippen LogP contribution in [0, 0.1) is 0 Å². The van der Waals surface area contributed by atoms with E-state index in [9.17, 15) is 4.79 Å². The number of anilines is 3. The van der Waals surface area contributed by atoms with Crippen molar-refractivity contribution in [2.75, 3.05) is 34.8 Å². The summed E-state index contributed by atoms with van der Waals surface area (Å²) < 4.78 is 0. The number of carbonyl (C=O) groups is 1. The minimum absolute atomic E-state index is 0.0716. The lowest BCUT2D eigenvalue weighted by Gasteiger charge is -2.26. The van der Waals surface area contributed by atoms with Crippen LogP contribution in [0.5, 0.6) is 0 Å². The Labute approximate surface area is 125 Å². The number of hydrogen-bond donors (Lipinski definition) is 2. The van der Waals surface area contributed by atoms with Gasteiger partial charge in [0.1, 0.15) is 0 Å². The molecule has 20 heavy (non-hydrogen) atoms. The third-order valence-corrected chi connectivity index (χ3v) is 4.37. The molecule has 5 heteroatoms. The van der Waals surface area contributed by atoms with Crippen LogP contribution in [0.25, 0.3) is 0 Å². The van der Waals surface area contributed by atoms with Gasteiger partial charge in [-0.2, -0.15) is 0 Å². The number of benzene rings is 1. The van der Waals surface area contributed by atoms with Crippen LogP contribution in [0.4, 0.5) is 17.1 Å². The number of rotatable bonds is 5. The smallest absolute Gasteiger partial charge is 0.225 e. The van der Waals surface area contributed by atoms with Crippen molar-refractivity contribution in [3.05, 3.63) is 12.1 Å². The molecule has 1 aromatic carbocycles. The molecule has 1 heterocycles. The molecule has 1 aromatic rings. The molecule has 0 unspecified atom stereocenters. The number of nitrogens with one attached hydrogen (secondary N) is 1. The second-order valence-corrected chi connectivity index (χ2v) is 6.18. The largest absolute Gasteiger partial charge is 0.397 e. The van der Waals surface area contributed by atoms with Crippen LogP contribution in [0.2, 0.25) is 0 Å². The van der Waals surface area contributed by atoms with Crippen molar-refractivity contribution >= 4 is 34.7 Å². The van der Waals surface area contributed by atoms with Gasteiger partial charge in [0.2, 0.25) is 5.91 Å². The Bertz CT molecular complexity index is 484. The zero-order valence-electron chi connectivity index (χ0n) is 12.2.